The molecule has 0 aliphatic carbocycles. The Morgan fingerprint density at radius 1 is 0.329 bits per heavy atom. The first-order chi connectivity index (χ1) is 34.4. The van der Waals surface area contributed by atoms with Gasteiger partial charge in [-0.2, -0.15) is 18.4 Å². The Morgan fingerprint density at radius 3 is 1.11 bits per heavy atom. The van der Waals surface area contributed by atoms with Crippen LogP contribution in [-0.2, 0) is 6.18 Å². The molecule has 0 amide bonds. The number of hydrogen-bond donors (Lipinski definition) is 0. The molecule has 0 N–H and O–H groups in total. The van der Waals surface area contributed by atoms with Gasteiger partial charge in [0.1, 0.15) is 0 Å². The van der Waals surface area contributed by atoms with E-state index in [1.54, 1.807) is 12.1 Å². The van der Waals surface area contributed by atoms with Crippen LogP contribution in [0.25, 0.3) is 121 Å². The lowest BCUT2D eigenvalue weighted by Crippen LogP contribution is -2.08. The van der Waals surface area contributed by atoms with Gasteiger partial charge < -0.3 is 18.3 Å². The topological polar surface area (TPSA) is 43.5 Å². The smallest absolute Gasteiger partial charge is 0.309 e. The molecule has 0 spiro atoms. The fourth-order valence-corrected chi connectivity index (χ4v) is 11.3. The summed E-state index contributed by atoms with van der Waals surface area (Å²) in [5.74, 6) is 0. The van der Waals surface area contributed by atoms with Crippen molar-refractivity contribution in [3.05, 3.63) is 230 Å². The summed E-state index contributed by atoms with van der Waals surface area (Å²) in [6, 6.07) is 74.1. The van der Waals surface area contributed by atoms with Gasteiger partial charge in [-0.05, 0) is 103 Å². The second-order valence-corrected chi connectivity index (χ2v) is 17.9. The van der Waals surface area contributed by atoms with Gasteiger partial charge in [0.25, 0.3) is 0 Å². The summed E-state index contributed by atoms with van der Waals surface area (Å²) in [6.07, 6.45) is -4.66. The number of nitrogens with zero attached hydrogens (tertiary/aromatic N) is 5. The molecule has 0 aliphatic rings. The van der Waals surface area contributed by atoms with Gasteiger partial charge >= 0.3 is 6.18 Å². The first kappa shape index (κ1) is 39.8. The molecule has 0 saturated carbocycles. The van der Waals surface area contributed by atoms with Crippen molar-refractivity contribution in [2.24, 2.45) is 0 Å². The van der Waals surface area contributed by atoms with E-state index in [2.05, 4.69) is 158 Å². The second-order valence-electron chi connectivity index (χ2n) is 17.9. The highest BCUT2D eigenvalue weighted by atomic mass is 19.4. The number of para-hydroxylation sites is 6. The van der Waals surface area contributed by atoms with Crippen molar-refractivity contribution in [3.8, 4) is 39.9 Å². The standard InChI is InChI=1S/C62H36F3N5/c63-62(64,65)39-28-31-59(69-55-25-11-5-19-46(55)48-35-40(29-32-57(48)69)67-51-21-7-1-15-42(51)43-16-2-8-22-52(43)67)50(34-39)61-38(37-66)14-13-27-60(61)70-56-26-12-6-20-47(56)49-36-41(30-33-58(49)70)68-53-23-9-3-17-44(53)45-18-4-10-24-54(45)68/h1-36H. The molecule has 0 fully saturated rings. The van der Waals surface area contributed by atoms with Gasteiger partial charge in [-0.1, -0.05) is 115 Å². The van der Waals surface area contributed by atoms with E-state index in [-0.39, 0.29) is 11.1 Å². The molecule has 5 nitrogen and oxygen atoms in total. The molecule has 4 heterocycles. The van der Waals surface area contributed by atoms with Crippen LogP contribution in [0.1, 0.15) is 11.1 Å². The Morgan fingerprint density at radius 2 is 0.700 bits per heavy atom. The van der Waals surface area contributed by atoms with Crippen LogP contribution in [-0.4, -0.2) is 18.3 Å². The lowest BCUT2D eigenvalue weighted by molar-refractivity contribution is -0.137. The van der Waals surface area contributed by atoms with Crippen LogP contribution in [0.5, 0.6) is 0 Å². The van der Waals surface area contributed by atoms with Crippen molar-refractivity contribution in [2.75, 3.05) is 0 Å². The average Bonchev–Trinajstić information content (AvgIpc) is 4.13. The molecule has 0 atom stereocenters. The van der Waals surface area contributed by atoms with Crippen LogP contribution in [0.15, 0.2) is 218 Å². The van der Waals surface area contributed by atoms with E-state index >= 15 is 13.2 Å². The van der Waals surface area contributed by atoms with Crippen LogP contribution in [0.4, 0.5) is 13.2 Å². The lowest BCUT2D eigenvalue weighted by atomic mass is 9.94. The summed E-state index contributed by atoms with van der Waals surface area (Å²) in [5, 5.41) is 19.4. The molecule has 14 rings (SSSR count). The van der Waals surface area contributed by atoms with Crippen molar-refractivity contribution in [2.45, 2.75) is 6.18 Å². The Hall–Kier alpha value is -9.32. The Bertz CT molecular complexity index is 4450. The molecule has 4 aromatic heterocycles. The Balaban J connectivity index is 1.03. The van der Waals surface area contributed by atoms with Crippen LogP contribution in [0.2, 0.25) is 0 Å². The number of nitriles is 1. The maximum atomic E-state index is 15.1. The molecule has 0 radical (unpaired) electrons. The van der Waals surface area contributed by atoms with Gasteiger partial charge in [-0.3, -0.25) is 0 Å². The van der Waals surface area contributed by atoms with Gasteiger partial charge in [-0.15, -0.1) is 0 Å². The minimum atomic E-state index is -4.66. The number of halogens is 3. The molecule has 10 aromatic carbocycles. The van der Waals surface area contributed by atoms with Gasteiger partial charge in [0, 0.05) is 65.6 Å². The number of aromatic nitrogens is 4. The molecule has 0 saturated heterocycles. The first-order valence-electron chi connectivity index (χ1n) is 23.1. The van der Waals surface area contributed by atoms with Crippen LogP contribution in [0, 0.1) is 11.3 Å². The van der Waals surface area contributed by atoms with E-state index in [9.17, 15) is 5.26 Å². The third-order valence-corrected chi connectivity index (χ3v) is 14.2. The third kappa shape index (κ3) is 5.66. The van der Waals surface area contributed by atoms with Gasteiger partial charge in [0.15, 0.2) is 0 Å². The molecule has 330 valence electrons. The van der Waals surface area contributed by atoms with Crippen molar-refractivity contribution in [1.82, 2.24) is 18.3 Å². The Labute approximate surface area is 397 Å². The van der Waals surface area contributed by atoms with Crippen molar-refractivity contribution in [1.29, 1.82) is 5.26 Å². The van der Waals surface area contributed by atoms with Crippen LogP contribution in [0.3, 0.4) is 0 Å². The highest BCUT2D eigenvalue weighted by molar-refractivity contribution is 6.15. The lowest BCUT2D eigenvalue weighted by Gasteiger charge is -2.21. The normalized spacial score (nSPS) is 12.2. The van der Waals surface area contributed by atoms with E-state index in [1.165, 1.54) is 6.07 Å². The third-order valence-electron chi connectivity index (χ3n) is 14.2. The Kier molecular flexibility index (Phi) is 8.44. The van der Waals surface area contributed by atoms with Gasteiger partial charge in [-0.25, -0.2) is 0 Å². The fourth-order valence-electron chi connectivity index (χ4n) is 11.3. The van der Waals surface area contributed by atoms with Crippen LogP contribution < -0.4 is 0 Å². The average molecular weight is 908 g/mol. The summed E-state index contributed by atoms with van der Waals surface area (Å²) in [5.41, 5.74) is 10.8. The predicted molar refractivity (Wildman–Crippen MR) is 279 cm³/mol. The van der Waals surface area contributed by atoms with Crippen molar-refractivity contribution >= 4 is 87.2 Å². The zero-order chi connectivity index (χ0) is 46.8. The molecular weight excluding hydrogens is 872 g/mol. The molecular formula is C62H36F3N5. The number of benzene rings is 10. The quantitative estimate of drug-likeness (QED) is 0.170. The highest BCUT2D eigenvalue weighted by Gasteiger charge is 2.33. The zero-order valence-electron chi connectivity index (χ0n) is 37.2. The maximum Gasteiger partial charge on any atom is 0.416 e. The number of fused-ring (bicyclic) bond motifs is 12. The minimum Gasteiger partial charge on any atom is -0.309 e. The molecule has 0 bridgehead atoms. The maximum absolute atomic E-state index is 15.1. The molecule has 0 aliphatic heterocycles. The second kappa shape index (κ2) is 14.8. The minimum absolute atomic E-state index is 0.250. The molecule has 0 unspecified atom stereocenters. The summed E-state index contributed by atoms with van der Waals surface area (Å²) >= 11 is 0. The van der Waals surface area contributed by atoms with Crippen molar-refractivity contribution < 1.29 is 13.2 Å². The summed E-state index contributed by atoms with van der Waals surface area (Å²) in [6.45, 7) is 0. The zero-order valence-corrected chi connectivity index (χ0v) is 37.2. The van der Waals surface area contributed by atoms with E-state index in [4.69, 9.17) is 0 Å². The van der Waals surface area contributed by atoms with Crippen molar-refractivity contribution in [3.63, 3.8) is 0 Å². The van der Waals surface area contributed by atoms with Gasteiger partial charge in [0.2, 0.25) is 0 Å². The van der Waals surface area contributed by atoms with E-state index in [0.29, 0.717) is 16.9 Å². The number of alkyl halides is 3. The highest BCUT2D eigenvalue weighted by Crippen LogP contribution is 2.45. The molecule has 14 aromatic rings. The molecule has 8 heteroatoms. The number of hydrogen-bond acceptors (Lipinski definition) is 1. The SMILES string of the molecule is N#Cc1cccc(-n2c3ccccc3c3cc(-n4c5ccccc5c5ccccc54)ccc32)c1-c1cc(C(F)(F)F)ccc1-n1c2ccccc2c2cc(-n3c4ccccc4c4ccccc43)ccc21. The van der Waals surface area contributed by atoms with Gasteiger partial charge in [0.05, 0.1) is 72.7 Å². The first-order valence-corrected chi connectivity index (χ1v) is 23.1. The van der Waals surface area contributed by atoms with Crippen LogP contribution >= 0.6 is 0 Å². The monoisotopic (exact) mass is 907 g/mol. The summed E-state index contributed by atoms with van der Waals surface area (Å²) in [7, 11) is 0. The largest absolute Gasteiger partial charge is 0.416 e. The molecule has 70 heavy (non-hydrogen) atoms. The fraction of sp³-hybridized carbons (Fsp3) is 0.0161. The summed E-state index contributed by atoms with van der Waals surface area (Å²) < 4.78 is 54.0. The summed E-state index contributed by atoms with van der Waals surface area (Å²) in [4.78, 5) is 0. The predicted octanol–water partition coefficient (Wildman–Crippen LogP) is 16.6. The van der Waals surface area contributed by atoms with E-state index in [0.717, 1.165) is 105 Å². The van der Waals surface area contributed by atoms with E-state index < -0.39 is 11.7 Å². The van der Waals surface area contributed by atoms with E-state index in [1.807, 2.05) is 60.7 Å². The number of rotatable bonds is 5.